The first-order valence-electron chi connectivity index (χ1n) is 14.6. The van der Waals surface area contributed by atoms with Gasteiger partial charge in [0.15, 0.2) is 0 Å². The van der Waals surface area contributed by atoms with Gasteiger partial charge in [0.1, 0.15) is 12.6 Å². The van der Waals surface area contributed by atoms with E-state index in [1.807, 2.05) is 75.4 Å². The maximum Gasteiger partial charge on any atom is 0.264 e. The Morgan fingerprint density at radius 2 is 1.41 bits per heavy atom. The Bertz CT molecular complexity index is 1650. The van der Waals surface area contributed by atoms with Crippen LogP contribution in [0.4, 0.5) is 5.69 Å². The molecule has 230 valence electrons. The van der Waals surface area contributed by atoms with Crippen molar-refractivity contribution in [3.8, 4) is 0 Å². The zero-order valence-electron chi connectivity index (χ0n) is 25.2. The van der Waals surface area contributed by atoms with Crippen LogP contribution in [0, 0.1) is 6.92 Å². The van der Waals surface area contributed by atoms with E-state index in [-0.39, 0.29) is 40.5 Å². The number of rotatable bonds is 13. The summed E-state index contributed by atoms with van der Waals surface area (Å²) in [6.45, 7) is 5.40. The molecule has 0 bridgehead atoms. The molecule has 4 aromatic carbocycles. The van der Waals surface area contributed by atoms with Gasteiger partial charge in [-0.25, -0.2) is 8.42 Å². The van der Waals surface area contributed by atoms with Crippen molar-refractivity contribution >= 4 is 39.1 Å². The van der Waals surface area contributed by atoms with Crippen LogP contribution in [-0.2, 0) is 32.6 Å². The monoisotopic (exact) mass is 631 g/mol. The van der Waals surface area contributed by atoms with Gasteiger partial charge in [0.25, 0.3) is 10.0 Å². The van der Waals surface area contributed by atoms with E-state index >= 15 is 0 Å². The minimum atomic E-state index is -4.21. The Kier molecular flexibility index (Phi) is 11.2. The maximum atomic E-state index is 14.5. The Morgan fingerprint density at radius 3 is 2.02 bits per heavy atom. The van der Waals surface area contributed by atoms with E-state index in [0.29, 0.717) is 6.42 Å². The van der Waals surface area contributed by atoms with Crippen LogP contribution in [0.25, 0.3) is 0 Å². The Labute approximate surface area is 265 Å². The summed E-state index contributed by atoms with van der Waals surface area (Å²) in [4.78, 5) is 29.9. The topological polar surface area (TPSA) is 86.8 Å². The van der Waals surface area contributed by atoms with Crippen LogP contribution < -0.4 is 9.62 Å². The van der Waals surface area contributed by atoms with E-state index in [0.717, 1.165) is 21.0 Å². The predicted octanol–water partition coefficient (Wildman–Crippen LogP) is 6.40. The number of nitrogens with zero attached hydrogens (tertiary/aromatic N) is 2. The Hall–Kier alpha value is -4.14. The highest BCUT2D eigenvalue weighted by Crippen LogP contribution is 2.31. The first-order chi connectivity index (χ1) is 21.1. The lowest BCUT2D eigenvalue weighted by atomic mass is 10.0. The largest absolute Gasteiger partial charge is 0.352 e. The number of para-hydroxylation sites is 1. The van der Waals surface area contributed by atoms with E-state index in [1.165, 1.54) is 17.0 Å². The molecule has 0 saturated heterocycles. The molecule has 0 unspecified atom stereocenters. The third kappa shape index (κ3) is 8.27. The zero-order valence-corrected chi connectivity index (χ0v) is 26.8. The molecule has 1 N–H and O–H groups in total. The fraction of sp³-hybridized carbons (Fsp3) is 0.257. The van der Waals surface area contributed by atoms with Gasteiger partial charge in [-0.2, -0.15) is 0 Å². The van der Waals surface area contributed by atoms with Crippen LogP contribution in [0.3, 0.4) is 0 Å². The van der Waals surface area contributed by atoms with Crippen molar-refractivity contribution in [2.24, 2.45) is 0 Å². The number of sulfonamides is 1. The SMILES string of the molecule is CC[C@H](C)NC(=O)[C@H](Cc1ccccc1)N(Cc1ccc(C)cc1)C(=O)CN(c1ccccc1Cl)S(=O)(=O)c1ccccc1. The molecule has 2 amide bonds. The summed E-state index contributed by atoms with van der Waals surface area (Å²) in [5.41, 5.74) is 2.91. The van der Waals surface area contributed by atoms with Crippen molar-refractivity contribution in [2.45, 2.75) is 57.1 Å². The highest BCUT2D eigenvalue weighted by atomic mass is 35.5. The molecular weight excluding hydrogens is 594 g/mol. The number of benzene rings is 4. The number of nitrogens with one attached hydrogen (secondary N) is 1. The number of aryl methyl sites for hydroxylation is 1. The van der Waals surface area contributed by atoms with Crippen LogP contribution in [0.2, 0.25) is 5.02 Å². The van der Waals surface area contributed by atoms with Gasteiger partial charge in [-0.3, -0.25) is 13.9 Å². The average molecular weight is 632 g/mol. The zero-order chi connectivity index (χ0) is 31.7. The second-order valence-electron chi connectivity index (χ2n) is 10.8. The number of carbonyl (C=O) groups is 2. The molecule has 0 saturated carbocycles. The van der Waals surface area contributed by atoms with Crippen LogP contribution in [0.15, 0.2) is 114 Å². The third-order valence-corrected chi connectivity index (χ3v) is 9.57. The van der Waals surface area contributed by atoms with Crippen molar-refractivity contribution in [2.75, 3.05) is 10.8 Å². The molecule has 0 aliphatic carbocycles. The number of hydrogen-bond donors (Lipinski definition) is 1. The minimum absolute atomic E-state index is 0.0214. The summed E-state index contributed by atoms with van der Waals surface area (Å²) < 4.78 is 29.1. The lowest BCUT2D eigenvalue weighted by molar-refractivity contribution is -0.140. The Balaban J connectivity index is 1.81. The van der Waals surface area contributed by atoms with Gasteiger partial charge in [-0.05, 0) is 55.7 Å². The second-order valence-corrected chi connectivity index (χ2v) is 13.1. The molecule has 0 fully saturated rings. The number of amides is 2. The van der Waals surface area contributed by atoms with Gasteiger partial charge in [0.2, 0.25) is 11.8 Å². The molecular formula is C35H38ClN3O4S. The molecule has 9 heteroatoms. The molecule has 0 aromatic heterocycles. The minimum Gasteiger partial charge on any atom is -0.352 e. The quantitative estimate of drug-likeness (QED) is 0.185. The van der Waals surface area contributed by atoms with Crippen LogP contribution in [-0.4, -0.2) is 43.8 Å². The Morgan fingerprint density at radius 1 is 0.818 bits per heavy atom. The lowest BCUT2D eigenvalue weighted by Gasteiger charge is -2.34. The molecule has 44 heavy (non-hydrogen) atoms. The fourth-order valence-corrected chi connectivity index (χ4v) is 6.51. The van der Waals surface area contributed by atoms with Gasteiger partial charge in [0.05, 0.1) is 15.6 Å². The summed E-state index contributed by atoms with van der Waals surface area (Å²) in [7, 11) is -4.21. The van der Waals surface area contributed by atoms with E-state index in [1.54, 1.807) is 42.5 Å². The van der Waals surface area contributed by atoms with Crippen molar-refractivity contribution in [3.05, 3.63) is 131 Å². The van der Waals surface area contributed by atoms with Crippen molar-refractivity contribution < 1.29 is 18.0 Å². The first-order valence-corrected chi connectivity index (χ1v) is 16.4. The molecule has 4 rings (SSSR count). The van der Waals surface area contributed by atoms with E-state index < -0.39 is 28.5 Å². The van der Waals surface area contributed by atoms with Gasteiger partial charge < -0.3 is 10.2 Å². The van der Waals surface area contributed by atoms with E-state index in [2.05, 4.69) is 5.32 Å². The van der Waals surface area contributed by atoms with Crippen LogP contribution in [0.1, 0.15) is 37.0 Å². The molecule has 0 spiro atoms. The van der Waals surface area contributed by atoms with Crippen molar-refractivity contribution in [3.63, 3.8) is 0 Å². The smallest absolute Gasteiger partial charge is 0.264 e. The van der Waals surface area contributed by atoms with Crippen LogP contribution >= 0.6 is 11.6 Å². The highest BCUT2D eigenvalue weighted by Gasteiger charge is 2.35. The summed E-state index contributed by atoms with van der Waals surface area (Å²) in [6, 6.07) is 30.6. The summed E-state index contributed by atoms with van der Waals surface area (Å²) >= 11 is 6.52. The van der Waals surface area contributed by atoms with Gasteiger partial charge in [0, 0.05) is 19.0 Å². The predicted molar refractivity (Wildman–Crippen MR) is 176 cm³/mol. The van der Waals surface area contributed by atoms with Crippen molar-refractivity contribution in [1.29, 1.82) is 0 Å². The number of halogens is 1. The molecule has 7 nitrogen and oxygen atoms in total. The van der Waals surface area contributed by atoms with Gasteiger partial charge in [-0.1, -0.05) is 109 Å². The third-order valence-electron chi connectivity index (χ3n) is 7.48. The number of carbonyl (C=O) groups excluding carboxylic acids is 2. The average Bonchev–Trinajstić information content (AvgIpc) is 3.03. The summed E-state index contributed by atoms with van der Waals surface area (Å²) in [5.74, 6) is -0.843. The molecule has 2 atom stereocenters. The lowest BCUT2D eigenvalue weighted by Crippen LogP contribution is -2.54. The first kappa shape index (κ1) is 32.8. The van der Waals surface area contributed by atoms with E-state index in [4.69, 9.17) is 11.6 Å². The standard InChI is InChI=1S/C35H38ClN3O4S/c1-4-27(3)37-35(41)33(23-28-13-7-5-8-14-28)38(24-29-21-19-26(2)20-22-29)34(40)25-39(32-18-12-11-17-31(32)36)44(42,43)30-15-9-6-10-16-30/h5-22,27,33H,4,23-25H2,1-3H3,(H,37,41)/t27-,33-/m0/s1. The van der Waals surface area contributed by atoms with E-state index in [9.17, 15) is 18.0 Å². The highest BCUT2D eigenvalue weighted by molar-refractivity contribution is 7.92. The molecule has 4 aromatic rings. The molecule has 0 heterocycles. The molecule has 0 aliphatic heterocycles. The summed E-state index contributed by atoms with van der Waals surface area (Å²) in [6.07, 6.45) is 0.962. The maximum absolute atomic E-state index is 14.5. The summed E-state index contributed by atoms with van der Waals surface area (Å²) in [5, 5.41) is 3.23. The normalized spacial score (nSPS) is 12.6. The van der Waals surface area contributed by atoms with Gasteiger partial charge in [-0.15, -0.1) is 0 Å². The van der Waals surface area contributed by atoms with Crippen LogP contribution in [0.5, 0.6) is 0 Å². The second kappa shape index (κ2) is 15.0. The fourth-order valence-electron chi connectivity index (χ4n) is 4.77. The number of anilines is 1. The molecule has 0 radical (unpaired) electrons. The van der Waals surface area contributed by atoms with Crippen molar-refractivity contribution in [1.82, 2.24) is 10.2 Å². The van der Waals surface area contributed by atoms with Gasteiger partial charge >= 0.3 is 0 Å². The molecule has 0 aliphatic rings. The number of hydrogen-bond acceptors (Lipinski definition) is 4.